The number of amides is 1. The average molecular weight is 460 g/mol. The van der Waals surface area contributed by atoms with Crippen molar-refractivity contribution in [3.8, 4) is 0 Å². The van der Waals surface area contributed by atoms with Gasteiger partial charge in [-0.15, -0.1) is 0 Å². The van der Waals surface area contributed by atoms with Gasteiger partial charge in [0, 0.05) is 41.1 Å². The van der Waals surface area contributed by atoms with Gasteiger partial charge in [0.05, 0.1) is 11.1 Å². The predicted octanol–water partition coefficient (Wildman–Crippen LogP) is 3.71. The third-order valence-electron chi connectivity index (χ3n) is 8.26. The second kappa shape index (κ2) is 7.15. The Hall–Kier alpha value is -3.20. The molecule has 5 aliphatic rings. The van der Waals surface area contributed by atoms with Gasteiger partial charge in [-0.2, -0.15) is 5.10 Å². The Kier molecular flexibility index (Phi) is 4.25. The summed E-state index contributed by atoms with van der Waals surface area (Å²) >= 11 is 0. The molecule has 0 saturated heterocycles. The fourth-order valence-electron chi connectivity index (χ4n) is 6.71. The zero-order chi connectivity index (χ0) is 23.0. The van der Waals surface area contributed by atoms with Crippen LogP contribution in [0.25, 0.3) is 10.9 Å². The van der Waals surface area contributed by atoms with E-state index in [0.29, 0.717) is 29.3 Å². The molecule has 0 aromatic carbocycles. The number of aliphatic hydroxyl groups is 1. The minimum absolute atomic E-state index is 0.0376. The van der Waals surface area contributed by atoms with Crippen molar-refractivity contribution in [3.63, 3.8) is 0 Å². The van der Waals surface area contributed by atoms with Gasteiger partial charge in [-0.25, -0.2) is 9.97 Å². The summed E-state index contributed by atoms with van der Waals surface area (Å²) in [6.07, 6.45) is 5.98. The van der Waals surface area contributed by atoms with Crippen LogP contribution < -0.4 is 16.0 Å². The van der Waals surface area contributed by atoms with Crippen molar-refractivity contribution in [1.29, 1.82) is 0 Å². The van der Waals surface area contributed by atoms with Gasteiger partial charge in [0.2, 0.25) is 5.91 Å². The van der Waals surface area contributed by atoms with Crippen molar-refractivity contribution in [2.45, 2.75) is 57.1 Å². The maximum atomic E-state index is 12.3. The van der Waals surface area contributed by atoms with E-state index in [1.165, 1.54) is 6.42 Å². The maximum absolute atomic E-state index is 12.3. The lowest BCUT2D eigenvalue weighted by Gasteiger charge is -2.32. The molecule has 1 amide bonds. The van der Waals surface area contributed by atoms with E-state index < -0.39 is 5.60 Å². The molecule has 0 aliphatic heterocycles. The number of nitrogens with zero attached hydrogens (tertiary/aromatic N) is 3. The molecule has 34 heavy (non-hydrogen) atoms. The van der Waals surface area contributed by atoms with Crippen molar-refractivity contribution in [3.05, 3.63) is 30.0 Å². The molecule has 9 nitrogen and oxygen atoms in total. The molecule has 3 heterocycles. The van der Waals surface area contributed by atoms with Gasteiger partial charge in [-0.3, -0.25) is 9.89 Å². The highest BCUT2D eigenvalue weighted by molar-refractivity contribution is 5.96. The van der Waals surface area contributed by atoms with Crippen LogP contribution in [0.3, 0.4) is 0 Å². The number of aryl methyl sites for hydroxylation is 1. The maximum Gasteiger partial charge on any atom is 0.228 e. The third-order valence-corrected chi connectivity index (χ3v) is 8.26. The number of aromatic nitrogens is 4. The Bertz CT molecular complexity index is 1300. The summed E-state index contributed by atoms with van der Waals surface area (Å²) in [4.78, 5) is 21.9. The van der Waals surface area contributed by atoms with Crippen LogP contribution in [0.15, 0.2) is 24.3 Å². The highest BCUT2D eigenvalue weighted by Crippen LogP contribution is 2.61. The summed E-state index contributed by atoms with van der Waals surface area (Å²) in [5.74, 6) is 4.17. The van der Waals surface area contributed by atoms with Crippen molar-refractivity contribution in [1.82, 2.24) is 20.2 Å². The number of hydrogen-bond donors (Lipinski definition) is 5. The smallest absolute Gasteiger partial charge is 0.228 e. The number of rotatable bonds is 6. The molecule has 3 aromatic rings. The van der Waals surface area contributed by atoms with E-state index in [1.807, 2.05) is 31.2 Å². The standard InChI is InChI=1S/C25H29N7O2/c1-12-6-21(32-31-12)27-20-9-18-16(4-5-19(26-18)29-24(33)14-2-3-14)23(28-20)30-22-15-7-13-8-17(22)25(34,10-13)11-15/h4-6,9,13-15,17,22,34H,2-3,7-8,10-11H2,1H3,(H,26,29,33)(H3,27,28,30,31,32). The summed E-state index contributed by atoms with van der Waals surface area (Å²) in [5.41, 5.74) is 1.17. The van der Waals surface area contributed by atoms with E-state index in [0.717, 1.165) is 54.5 Å². The monoisotopic (exact) mass is 459 g/mol. The minimum Gasteiger partial charge on any atom is -0.389 e. The zero-order valence-electron chi connectivity index (χ0n) is 19.1. The van der Waals surface area contributed by atoms with Crippen molar-refractivity contribution < 1.29 is 9.90 Å². The molecular formula is C25H29N7O2. The van der Waals surface area contributed by atoms with E-state index in [4.69, 9.17) is 9.97 Å². The lowest BCUT2D eigenvalue weighted by molar-refractivity contribution is -0.117. The van der Waals surface area contributed by atoms with Gasteiger partial charge in [-0.1, -0.05) is 0 Å². The van der Waals surface area contributed by atoms with Crippen LogP contribution in [0.1, 0.15) is 44.2 Å². The minimum atomic E-state index is -0.526. The van der Waals surface area contributed by atoms with Gasteiger partial charge < -0.3 is 21.1 Å². The number of aromatic amines is 1. The van der Waals surface area contributed by atoms with Crippen molar-refractivity contribution in [2.75, 3.05) is 16.0 Å². The van der Waals surface area contributed by atoms with E-state index >= 15 is 0 Å². The molecule has 4 bridgehead atoms. The molecule has 0 radical (unpaired) electrons. The summed E-state index contributed by atoms with van der Waals surface area (Å²) in [5, 5.41) is 29.2. The first-order valence-electron chi connectivity index (χ1n) is 12.3. The van der Waals surface area contributed by atoms with Gasteiger partial charge in [0.1, 0.15) is 17.5 Å². The lowest BCUT2D eigenvalue weighted by Crippen LogP contribution is -2.37. The summed E-state index contributed by atoms with van der Waals surface area (Å²) in [6, 6.07) is 7.83. The first kappa shape index (κ1) is 20.2. The molecule has 8 rings (SSSR count). The number of carbonyl (C=O) groups is 1. The van der Waals surface area contributed by atoms with Gasteiger partial charge in [0.25, 0.3) is 0 Å². The largest absolute Gasteiger partial charge is 0.389 e. The van der Waals surface area contributed by atoms with Crippen LogP contribution in [-0.4, -0.2) is 42.8 Å². The lowest BCUT2D eigenvalue weighted by atomic mass is 9.79. The quantitative estimate of drug-likeness (QED) is 0.380. The first-order valence-corrected chi connectivity index (χ1v) is 12.3. The molecular weight excluding hydrogens is 430 g/mol. The molecule has 5 unspecified atom stereocenters. The third kappa shape index (κ3) is 3.33. The Morgan fingerprint density at radius 3 is 2.76 bits per heavy atom. The van der Waals surface area contributed by atoms with E-state index in [-0.39, 0.29) is 23.8 Å². The van der Waals surface area contributed by atoms with Crippen LogP contribution in [0.5, 0.6) is 0 Å². The fourth-order valence-corrected chi connectivity index (χ4v) is 6.71. The normalized spacial score (nSPS) is 31.2. The van der Waals surface area contributed by atoms with Crippen molar-refractivity contribution in [2.24, 2.45) is 23.7 Å². The van der Waals surface area contributed by atoms with Gasteiger partial charge >= 0.3 is 0 Å². The zero-order valence-corrected chi connectivity index (χ0v) is 19.1. The molecule has 5 fully saturated rings. The highest BCUT2D eigenvalue weighted by atomic mass is 16.3. The molecule has 5 saturated carbocycles. The van der Waals surface area contributed by atoms with Gasteiger partial charge in [0.15, 0.2) is 5.82 Å². The molecule has 0 spiro atoms. The second-order valence-corrected chi connectivity index (χ2v) is 10.8. The molecule has 5 atom stereocenters. The van der Waals surface area contributed by atoms with Crippen LogP contribution in [0.4, 0.5) is 23.3 Å². The molecule has 5 aliphatic carbocycles. The Balaban J connectivity index is 1.25. The Morgan fingerprint density at radius 2 is 2.00 bits per heavy atom. The predicted molar refractivity (Wildman–Crippen MR) is 129 cm³/mol. The number of anilines is 4. The number of hydrogen-bond acceptors (Lipinski definition) is 7. The second-order valence-electron chi connectivity index (χ2n) is 10.8. The number of H-pyrrole nitrogens is 1. The van der Waals surface area contributed by atoms with Crippen LogP contribution in [0.2, 0.25) is 0 Å². The van der Waals surface area contributed by atoms with Crippen LogP contribution in [0, 0.1) is 30.6 Å². The molecule has 9 heteroatoms. The molecule has 3 aromatic heterocycles. The summed E-state index contributed by atoms with van der Waals surface area (Å²) < 4.78 is 0. The number of fused-ring (bicyclic) bond motifs is 1. The van der Waals surface area contributed by atoms with E-state index in [1.54, 1.807) is 0 Å². The van der Waals surface area contributed by atoms with Crippen LogP contribution in [-0.2, 0) is 4.79 Å². The first-order chi connectivity index (χ1) is 16.4. The molecule has 5 N–H and O–H groups in total. The van der Waals surface area contributed by atoms with Gasteiger partial charge in [-0.05, 0) is 69.4 Å². The molecule has 176 valence electrons. The number of pyridine rings is 2. The Morgan fingerprint density at radius 1 is 1.12 bits per heavy atom. The van der Waals surface area contributed by atoms with E-state index in [9.17, 15) is 9.90 Å². The summed E-state index contributed by atoms with van der Waals surface area (Å²) in [7, 11) is 0. The number of nitrogens with one attached hydrogen (secondary N) is 4. The average Bonchev–Trinajstić information content (AvgIpc) is 3.49. The van der Waals surface area contributed by atoms with Crippen LogP contribution >= 0.6 is 0 Å². The SMILES string of the molecule is Cc1cc(Nc2cc3nc(NC(=O)C4CC4)ccc3c(NC3C4CC5CC3C(O)(C5)C4)n2)n[nH]1. The Labute approximate surface area is 197 Å². The topological polar surface area (TPSA) is 128 Å². The fraction of sp³-hybridized carbons (Fsp3) is 0.520. The highest BCUT2D eigenvalue weighted by Gasteiger charge is 2.62. The van der Waals surface area contributed by atoms with Crippen molar-refractivity contribution >= 4 is 40.1 Å². The number of carbonyl (C=O) groups excluding carboxylic acids is 1. The van der Waals surface area contributed by atoms with E-state index in [2.05, 4.69) is 26.1 Å². The summed E-state index contributed by atoms with van der Waals surface area (Å²) in [6.45, 7) is 1.95.